The van der Waals surface area contributed by atoms with Crippen LogP contribution in [0.2, 0.25) is 0 Å². The number of carbonyl (C=O) groups excluding carboxylic acids is 1. The molecule has 28 heavy (non-hydrogen) atoms. The molecule has 2 heterocycles. The Morgan fingerprint density at radius 2 is 1.96 bits per heavy atom. The van der Waals surface area contributed by atoms with E-state index in [4.69, 9.17) is 0 Å². The van der Waals surface area contributed by atoms with Crippen molar-refractivity contribution in [2.75, 3.05) is 7.05 Å². The van der Waals surface area contributed by atoms with Crippen LogP contribution in [0.3, 0.4) is 0 Å². The zero-order chi connectivity index (χ0) is 20.0. The fourth-order valence-corrected chi connectivity index (χ4v) is 4.08. The van der Waals surface area contributed by atoms with Crippen LogP contribution < -0.4 is 11.2 Å². The molecule has 4 rings (SSSR count). The van der Waals surface area contributed by atoms with Crippen LogP contribution in [0.1, 0.15) is 30.0 Å². The summed E-state index contributed by atoms with van der Waals surface area (Å²) in [6.45, 7) is -0.000882. The zero-order valence-electron chi connectivity index (χ0n) is 16.3. The highest BCUT2D eigenvalue weighted by Crippen LogP contribution is 2.33. The fourth-order valence-electron chi connectivity index (χ4n) is 4.08. The van der Waals surface area contributed by atoms with E-state index in [1.54, 1.807) is 11.9 Å². The molecule has 0 saturated carbocycles. The molecule has 8 nitrogen and oxygen atoms in total. The van der Waals surface area contributed by atoms with Gasteiger partial charge >= 0.3 is 5.69 Å². The Bertz CT molecular complexity index is 1190. The van der Waals surface area contributed by atoms with Crippen molar-refractivity contribution in [2.45, 2.75) is 31.8 Å². The number of rotatable bonds is 3. The number of aromatic nitrogens is 4. The first-order valence-electron chi connectivity index (χ1n) is 9.34. The summed E-state index contributed by atoms with van der Waals surface area (Å²) in [6, 6.07) is 8.26. The second kappa shape index (κ2) is 6.78. The maximum Gasteiger partial charge on any atom is 0.332 e. The van der Waals surface area contributed by atoms with E-state index >= 15 is 0 Å². The highest BCUT2D eigenvalue weighted by molar-refractivity contribution is 5.79. The van der Waals surface area contributed by atoms with Crippen molar-refractivity contribution in [3.63, 3.8) is 0 Å². The van der Waals surface area contributed by atoms with Gasteiger partial charge in [-0.25, -0.2) is 9.78 Å². The van der Waals surface area contributed by atoms with Crippen molar-refractivity contribution >= 4 is 17.1 Å². The van der Waals surface area contributed by atoms with Gasteiger partial charge < -0.3 is 9.47 Å². The van der Waals surface area contributed by atoms with Crippen LogP contribution >= 0.6 is 0 Å². The average molecular weight is 381 g/mol. The summed E-state index contributed by atoms with van der Waals surface area (Å²) in [5.74, 6) is -0.100. The molecular weight excluding hydrogens is 358 g/mol. The van der Waals surface area contributed by atoms with Crippen molar-refractivity contribution in [1.29, 1.82) is 0 Å². The number of hydrogen-bond donors (Lipinski definition) is 0. The van der Waals surface area contributed by atoms with Crippen LogP contribution in [0.5, 0.6) is 0 Å². The first-order valence-corrected chi connectivity index (χ1v) is 9.34. The number of imidazole rings is 1. The molecule has 0 spiro atoms. The van der Waals surface area contributed by atoms with Crippen LogP contribution in [-0.2, 0) is 31.9 Å². The Hall–Kier alpha value is -3.16. The molecule has 2 aromatic heterocycles. The van der Waals surface area contributed by atoms with Gasteiger partial charge in [-0.3, -0.25) is 18.7 Å². The molecule has 3 aromatic rings. The molecule has 1 unspecified atom stereocenters. The van der Waals surface area contributed by atoms with E-state index in [0.29, 0.717) is 0 Å². The fraction of sp³-hybridized carbons (Fsp3) is 0.400. The van der Waals surface area contributed by atoms with Crippen LogP contribution in [0.15, 0.2) is 40.2 Å². The zero-order valence-corrected chi connectivity index (χ0v) is 16.3. The third kappa shape index (κ3) is 2.76. The molecule has 0 bridgehead atoms. The van der Waals surface area contributed by atoms with Gasteiger partial charge in [-0.05, 0) is 30.4 Å². The molecule has 146 valence electrons. The summed E-state index contributed by atoms with van der Waals surface area (Å²) in [5.41, 5.74) is 2.13. The largest absolute Gasteiger partial charge is 0.337 e. The lowest BCUT2D eigenvalue weighted by Crippen LogP contribution is -2.39. The Labute approximate surface area is 161 Å². The highest BCUT2D eigenvalue weighted by Gasteiger charge is 2.27. The van der Waals surface area contributed by atoms with Crippen molar-refractivity contribution in [3.8, 4) is 0 Å². The molecule has 0 saturated heterocycles. The molecule has 0 aliphatic heterocycles. The molecule has 0 N–H and O–H groups in total. The van der Waals surface area contributed by atoms with Crippen LogP contribution in [0, 0.1) is 0 Å². The standard InChI is InChI=1S/C20H23N5O3/c1-22(15-10-6-8-13-7-4-5-9-14(13)15)16(26)11-25-12-21-18-17(25)19(27)24(3)20(28)23(18)2/h4-5,7,9,12,15H,6,8,10-11H2,1-3H3. The number of aryl methyl sites for hydroxylation is 2. The predicted molar refractivity (Wildman–Crippen MR) is 105 cm³/mol. The van der Waals surface area contributed by atoms with E-state index in [0.717, 1.165) is 23.8 Å². The second-order valence-electron chi connectivity index (χ2n) is 7.36. The van der Waals surface area contributed by atoms with Gasteiger partial charge in [0.2, 0.25) is 5.91 Å². The van der Waals surface area contributed by atoms with E-state index in [2.05, 4.69) is 17.1 Å². The molecule has 0 radical (unpaired) electrons. The van der Waals surface area contributed by atoms with Crippen molar-refractivity contribution < 1.29 is 4.79 Å². The number of carbonyl (C=O) groups is 1. The summed E-state index contributed by atoms with van der Waals surface area (Å²) in [7, 11) is 4.80. The molecule has 0 fully saturated rings. The molecule has 8 heteroatoms. The van der Waals surface area contributed by atoms with E-state index in [9.17, 15) is 14.4 Å². The Balaban J connectivity index is 1.67. The number of hydrogen-bond acceptors (Lipinski definition) is 4. The van der Waals surface area contributed by atoms with Gasteiger partial charge in [0.25, 0.3) is 5.56 Å². The first-order chi connectivity index (χ1) is 13.4. The molecule has 1 atom stereocenters. The predicted octanol–water partition coefficient (Wildman–Crippen LogP) is 0.970. The van der Waals surface area contributed by atoms with Crippen molar-refractivity contribution in [2.24, 2.45) is 14.1 Å². The van der Waals surface area contributed by atoms with E-state index in [1.165, 1.54) is 33.6 Å². The van der Waals surface area contributed by atoms with E-state index in [-0.39, 0.29) is 29.7 Å². The third-order valence-electron chi connectivity index (χ3n) is 5.72. The minimum atomic E-state index is -0.450. The van der Waals surface area contributed by atoms with Gasteiger partial charge in [-0.1, -0.05) is 24.3 Å². The quantitative estimate of drug-likeness (QED) is 0.677. The van der Waals surface area contributed by atoms with Gasteiger partial charge in [0.15, 0.2) is 11.2 Å². The van der Waals surface area contributed by atoms with Crippen molar-refractivity contribution in [1.82, 2.24) is 23.6 Å². The second-order valence-corrected chi connectivity index (χ2v) is 7.36. The average Bonchev–Trinajstić information content (AvgIpc) is 3.13. The summed E-state index contributed by atoms with van der Waals surface area (Å²) >= 11 is 0. The monoisotopic (exact) mass is 381 g/mol. The summed E-state index contributed by atoms with van der Waals surface area (Å²) in [4.78, 5) is 43.6. The van der Waals surface area contributed by atoms with Crippen LogP contribution in [-0.4, -0.2) is 36.5 Å². The molecule has 1 amide bonds. The highest BCUT2D eigenvalue weighted by atomic mass is 16.2. The van der Waals surface area contributed by atoms with Gasteiger partial charge in [-0.15, -0.1) is 0 Å². The maximum absolute atomic E-state index is 13.0. The van der Waals surface area contributed by atoms with Gasteiger partial charge in [0.1, 0.15) is 6.54 Å². The number of fused-ring (bicyclic) bond motifs is 2. The maximum atomic E-state index is 13.0. The number of likely N-dealkylation sites (N-methyl/N-ethyl adjacent to an activating group) is 1. The topological polar surface area (TPSA) is 82.1 Å². The summed E-state index contributed by atoms with van der Waals surface area (Å²) < 4.78 is 3.88. The van der Waals surface area contributed by atoms with Gasteiger partial charge in [0, 0.05) is 21.1 Å². The minimum Gasteiger partial charge on any atom is -0.337 e. The Kier molecular flexibility index (Phi) is 4.41. The number of amides is 1. The van der Waals surface area contributed by atoms with Crippen molar-refractivity contribution in [3.05, 3.63) is 62.6 Å². The number of benzene rings is 1. The summed E-state index contributed by atoms with van der Waals surface area (Å²) in [6.07, 6.45) is 4.44. The first kappa shape index (κ1) is 18.2. The molecule has 1 aliphatic rings. The smallest absolute Gasteiger partial charge is 0.332 e. The van der Waals surface area contributed by atoms with E-state index in [1.807, 2.05) is 19.2 Å². The lowest BCUT2D eigenvalue weighted by atomic mass is 9.87. The van der Waals surface area contributed by atoms with Gasteiger partial charge in [0.05, 0.1) is 12.4 Å². The molecule has 1 aliphatic carbocycles. The van der Waals surface area contributed by atoms with Gasteiger partial charge in [-0.2, -0.15) is 0 Å². The summed E-state index contributed by atoms with van der Waals surface area (Å²) in [5, 5.41) is 0. The Morgan fingerprint density at radius 3 is 2.75 bits per heavy atom. The van der Waals surface area contributed by atoms with Crippen LogP contribution in [0.25, 0.3) is 11.2 Å². The normalized spacial score (nSPS) is 16.2. The van der Waals surface area contributed by atoms with Crippen LogP contribution in [0.4, 0.5) is 0 Å². The minimum absolute atomic E-state index is 0.000882. The Morgan fingerprint density at radius 1 is 1.21 bits per heavy atom. The number of nitrogens with zero attached hydrogens (tertiary/aromatic N) is 5. The third-order valence-corrected chi connectivity index (χ3v) is 5.72. The molecule has 1 aromatic carbocycles. The molecular formula is C20H23N5O3. The lowest BCUT2D eigenvalue weighted by molar-refractivity contribution is -0.133. The van der Waals surface area contributed by atoms with E-state index < -0.39 is 11.2 Å². The lowest BCUT2D eigenvalue weighted by Gasteiger charge is -2.33. The SMILES string of the molecule is CN(C(=O)Cn1cnc2c1c(=O)n(C)c(=O)n2C)C1CCCc2ccccc21.